The normalized spacial score (nSPS) is 15.3. The fourth-order valence-electron chi connectivity index (χ4n) is 3.28. The van der Waals surface area contributed by atoms with E-state index >= 15 is 0 Å². The third kappa shape index (κ3) is 3.35. The number of methoxy groups -OCH3 is 2. The Kier molecular flexibility index (Phi) is 5.11. The average molecular weight is 354 g/mol. The van der Waals surface area contributed by atoms with E-state index in [4.69, 9.17) is 9.47 Å². The molecule has 6 heteroatoms. The van der Waals surface area contributed by atoms with E-state index in [-0.39, 0.29) is 11.8 Å². The SMILES string of the molecule is COc1ccc(CNC(=O)[C@H]2Cc3ccccc3N2C(C)=O)c(OC)c1. The van der Waals surface area contributed by atoms with Gasteiger partial charge in [0.1, 0.15) is 17.5 Å². The van der Waals surface area contributed by atoms with Gasteiger partial charge in [-0.3, -0.25) is 14.5 Å². The molecule has 1 N–H and O–H groups in total. The third-order valence-electron chi connectivity index (χ3n) is 4.57. The van der Waals surface area contributed by atoms with Crippen LogP contribution in [0.1, 0.15) is 18.1 Å². The first-order valence-electron chi connectivity index (χ1n) is 8.41. The molecule has 0 radical (unpaired) electrons. The van der Waals surface area contributed by atoms with Gasteiger partial charge in [0.2, 0.25) is 11.8 Å². The van der Waals surface area contributed by atoms with Gasteiger partial charge in [0.05, 0.1) is 14.2 Å². The first kappa shape index (κ1) is 17.8. The molecule has 1 aliphatic heterocycles. The van der Waals surface area contributed by atoms with Gasteiger partial charge in [-0.1, -0.05) is 18.2 Å². The molecular weight excluding hydrogens is 332 g/mol. The van der Waals surface area contributed by atoms with E-state index in [9.17, 15) is 9.59 Å². The first-order chi connectivity index (χ1) is 12.5. The summed E-state index contributed by atoms with van der Waals surface area (Å²) in [7, 11) is 3.16. The maximum atomic E-state index is 12.8. The van der Waals surface area contributed by atoms with Crippen molar-refractivity contribution in [1.29, 1.82) is 0 Å². The Morgan fingerprint density at radius 2 is 1.92 bits per heavy atom. The van der Waals surface area contributed by atoms with E-state index in [1.807, 2.05) is 36.4 Å². The Bertz CT molecular complexity index is 834. The van der Waals surface area contributed by atoms with Gasteiger partial charge in [-0.25, -0.2) is 0 Å². The number of nitrogens with one attached hydrogen (secondary N) is 1. The van der Waals surface area contributed by atoms with Crippen molar-refractivity contribution < 1.29 is 19.1 Å². The van der Waals surface area contributed by atoms with E-state index in [2.05, 4.69) is 5.32 Å². The first-order valence-corrected chi connectivity index (χ1v) is 8.41. The maximum absolute atomic E-state index is 12.8. The number of nitrogens with zero attached hydrogens (tertiary/aromatic N) is 1. The molecule has 0 aliphatic carbocycles. The van der Waals surface area contributed by atoms with Crippen molar-refractivity contribution in [2.24, 2.45) is 0 Å². The maximum Gasteiger partial charge on any atom is 0.243 e. The van der Waals surface area contributed by atoms with Crippen LogP contribution in [0.15, 0.2) is 42.5 Å². The zero-order valence-corrected chi connectivity index (χ0v) is 15.1. The third-order valence-corrected chi connectivity index (χ3v) is 4.57. The second-order valence-electron chi connectivity index (χ2n) is 6.13. The summed E-state index contributed by atoms with van der Waals surface area (Å²) < 4.78 is 10.5. The number of fused-ring (bicyclic) bond motifs is 1. The van der Waals surface area contributed by atoms with Crippen LogP contribution in [0.2, 0.25) is 0 Å². The fraction of sp³-hybridized carbons (Fsp3) is 0.300. The average Bonchev–Trinajstić information content (AvgIpc) is 3.05. The molecule has 1 atom stereocenters. The molecule has 6 nitrogen and oxygen atoms in total. The number of ether oxygens (including phenoxy) is 2. The monoisotopic (exact) mass is 354 g/mol. The van der Waals surface area contributed by atoms with Crippen molar-refractivity contribution in [2.75, 3.05) is 19.1 Å². The second-order valence-corrected chi connectivity index (χ2v) is 6.13. The quantitative estimate of drug-likeness (QED) is 0.895. The zero-order chi connectivity index (χ0) is 18.7. The number of rotatable bonds is 5. The van der Waals surface area contributed by atoms with Crippen LogP contribution in [0.3, 0.4) is 0 Å². The summed E-state index contributed by atoms with van der Waals surface area (Å²) in [5, 5.41) is 2.92. The fourth-order valence-corrected chi connectivity index (χ4v) is 3.28. The van der Waals surface area contributed by atoms with Gasteiger partial charge < -0.3 is 14.8 Å². The lowest BCUT2D eigenvalue weighted by Crippen LogP contribution is -2.47. The van der Waals surface area contributed by atoms with Crippen LogP contribution in [0, 0.1) is 0 Å². The Morgan fingerprint density at radius 1 is 1.15 bits per heavy atom. The lowest BCUT2D eigenvalue weighted by atomic mass is 10.1. The van der Waals surface area contributed by atoms with Crippen LogP contribution in [0.5, 0.6) is 11.5 Å². The van der Waals surface area contributed by atoms with Crippen LogP contribution in [0.4, 0.5) is 5.69 Å². The second kappa shape index (κ2) is 7.47. The van der Waals surface area contributed by atoms with E-state index in [0.29, 0.717) is 24.5 Å². The number of hydrogen-bond donors (Lipinski definition) is 1. The molecule has 0 aromatic heterocycles. The highest BCUT2D eigenvalue weighted by molar-refractivity contribution is 6.02. The minimum atomic E-state index is -0.533. The molecule has 2 aromatic carbocycles. The van der Waals surface area contributed by atoms with Crippen molar-refractivity contribution >= 4 is 17.5 Å². The molecular formula is C20H22N2O4. The minimum absolute atomic E-state index is 0.142. The number of carbonyl (C=O) groups is 2. The molecule has 1 heterocycles. The summed E-state index contributed by atoms with van der Waals surface area (Å²) in [6.07, 6.45) is 0.515. The van der Waals surface area contributed by atoms with Gasteiger partial charge in [-0.15, -0.1) is 0 Å². The van der Waals surface area contributed by atoms with E-state index in [1.54, 1.807) is 25.2 Å². The number of amides is 2. The summed E-state index contributed by atoms with van der Waals surface area (Å²) in [6.45, 7) is 1.79. The Labute approximate surface area is 152 Å². The Morgan fingerprint density at radius 3 is 2.62 bits per heavy atom. The van der Waals surface area contributed by atoms with E-state index in [1.165, 1.54) is 6.92 Å². The van der Waals surface area contributed by atoms with Crippen molar-refractivity contribution in [3.63, 3.8) is 0 Å². The van der Waals surface area contributed by atoms with E-state index in [0.717, 1.165) is 16.8 Å². The minimum Gasteiger partial charge on any atom is -0.497 e. The topological polar surface area (TPSA) is 67.9 Å². The highest BCUT2D eigenvalue weighted by Gasteiger charge is 2.36. The summed E-state index contributed by atoms with van der Waals surface area (Å²) in [4.78, 5) is 26.4. The van der Waals surface area contributed by atoms with Gasteiger partial charge >= 0.3 is 0 Å². The predicted octanol–water partition coefficient (Wildman–Crippen LogP) is 2.30. The summed E-state index contributed by atoms with van der Waals surface area (Å²) >= 11 is 0. The zero-order valence-electron chi connectivity index (χ0n) is 15.1. The van der Waals surface area contributed by atoms with E-state index < -0.39 is 6.04 Å². The molecule has 0 saturated carbocycles. The van der Waals surface area contributed by atoms with Gasteiger partial charge in [-0.05, 0) is 23.8 Å². The van der Waals surface area contributed by atoms with Gasteiger partial charge in [0.15, 0.2) is 0 Å². The largest absolute Gasteiger partial charge is 0.497 e. The summed E-state index contributed by atoms with van der Waals surface area (Å²) in [5.41, 5.74) is 2.65. The molecule has 0 saturated heterocycles. The molecule has 2 aromatic rings. The van der Waals surface area contributed by atoms with Gasteiger partial charge in [0.25, 0.3) is 0 Å². The highest BCUT2D eigenvalue weighted by Crippen LogP contribution is 2.32. The number of anilines is 1. The summed E-state index contributed by atoms with van der Waals surface area (Å²) in [5.74, 6) is 1.00. The summed E-state index contributed by atoms with van der Waals surface area (Å²) in [6, 6.07) is 12.5. The molecule has 2 amide bonds. The molecule has 136 valence electrons. The van der Waals surface area contributed by atoms with Gasteiger partial charge in [0, 0.05) is 37.2 Å². The molecule has 0 spiro atoms. The Balaban J connectivity index is 1.74. The lowest BCUT2D eigenvalue weighted by molar-refractivity contribution is -0.125. The predicted molar refractivity (Wildman–Crippen MR) is 98.5 cm³/mol. The standard InChI is InChI=1S/C20H22N2O4/c1-13(23)22-17-7-5-4-6-14(17)10-18(22)20(24)21-12-15-8-9-16(25-2)11-19(15)26-3/h4-9,11,18H,10,12H2,1-3H3,(H,21,24)/t18-/m1/s1. The van der Waals surface area contributed by atoms with Crippen LogP contribution < -0.4 is 19.7 Å². The molecule has 1 aliphatic rings. The molecule has 0 unspecified atom stereocenters. The Hall–Kier alpha value is -3.02. The van der Waals surface area contributed by atoms with Crippen molar-refractivity contribution in [3.05, 3.63) is 53.6 Å². The van der Waals surface area contributed by atoms with Crippen LogP contribution in [0.25, 0.3) is 0 Å². The smallest absolute Gasteiger partial charge is 0.243 e. The van der Waals surface area contributed by atoms with Crippen LogP contribution in [-0.2, 0) is 22.6 Å². The number of benzene rings is 2. The molecule has 0 fully saturated rings. The number of para-hydroxylation sites is 1. The molecule has 26 heavy (non-hydrogen) atoms. The number of carbonyl (C=O) groups excluding carboxylic acids is 2. The molecule has 3 rings (SSSR count). The molecule has 0 bridgehead atoms. The highest BCUT2D eigenvalue weighted by atomic mass is 16.5. The lowest BCUT2D eigenvalue weighted by Gasteiger charge is -2.23. The van der Waals surface area contributed by atoms with Crippen molar-refractivity contribution in [2.45, 2.75) is 25.9 Å². The van der Waals surface area contributed by atoms with Gasteiger partial charge in [-0.2, -0.15) is 0 Å². The number of hydrogen-bond acceptors (Lipinski definition) is 4. The van der Waals surface area contributed by atoms with Crippen LogP contribution >= 0.6 is 0 Å². The van der Waals surface area contributed by atoms with Crippen LogP contribution in [-0.4, -0.2) is 32.1 Å². The van der Waals surface area contributed by atoms with Crippen molar-refractivity contribution in [3.8, 4) is 11.5 Å². The van der Waals surface area contributed by atoms with Crippen molar-refractivity contribution in [1.82, 2.24) is 5.32 Å².